The molecule has 1 saturated carbocycles. The van der Waals surface area contributed by atoms with Crippen LogP contribution < -0.4 is 15.4 Å². The van der Waals surface area contributed by atoms with Gasteiger partial charge in [-0.05, 0) is 49.4 Å². The number of fused-ring (bicyclic) bond motifs is 1. The van der Waals surface area contributed by atoms with E-state index in [-0.39, 0.29) is 5.91 Å². The van der Waals surface area contributed by atoms with E-state index in [2.05, 4.69) is 27.8 Å². The Bertz CT molecular complexity index is 737. The van der Waals surface area contributed by atoms with Crippen LogP contribution in [0.5, 0.6) is 5.75 Å². The highest BCUT2D eigenvalue weighted by molar-refractivity contribution is 5.98. The van der Waals surface area contributed by atoms with Gasteiger partial charge < -0.3 is 15.4 Å². The number of amides is 1. The zero-order chi connectivity index (χ0) is 16.4. The average molecular weight is 323 g/mol. The van der Waals surface area contributed by atoms with Crippen molar-refractivity contribution in [1.82, 2.24) is 10.3 Å². The number of ether oxygens (including phenoxy) is 1. The molecule has 1 aromatic carbocycles. The molecule has 0 saturated heterocycles. The van der Waals surface area contributed by atoms with Gasteiger partial charge in [-0.1, -0.05) is 12.1 Å². The number of carbonyl (C=O) groups excluding carboxylic acids is 1. The number of nitrogens with zero attached hydrogens (tertiary/aromatic N) is 1. The van der Waals surface area contributed by atoms with Gasteiger partial charge in [0.05, 0.1) is 6.10 Å². The molecule has 0 atom stereocenters. The van der Waals surface area contributed by atoms with E-state index in [0.717, 1.165) is 17.0 Å². The monoisotopic (exact) mass is 323 g/mol. The summed E-state index contributed by atoms with van der Waals surface area (Å²) in [6.45, 7) is 1.24. The molecule has 5 heteroatoms. The standard InChI is InChI=1S/C19H21N3O2/c23-19-18-16(12-22-19)17(9-10-20-18)21-11-13-5-7-15(8-6-13)24-14-3-1-2-4-14/h5-10,14H,1-4,11-12H2,(H,20,21)(H,22,23). The summed E-state index contributed by atoms with van der Waals surface area (Å²) in [5.41, 5.74) is 3.62. The predicted octanol–water partition coefficient (Wildman–Crippen LogP) is 3.26. The second-order valence-electron chi connectivity index (χ2n) is 6.39. The Balaban J connectivity index is 1.39. The van der Waals surface area contributed by atoms with Gasteiger partial charge in [-0.15, -0.1) is 0 Å². The molecular formula is C19H21N3O2. The normalized spacial score (nSPS) is 16.8. The first-order valence-corrected chi connectivity index (χ1v) is 8.55. The molecule has 0 spiro atoms. The molecule has 2 aliphatic rings. The number of nitrogens with one attached hydrogen (secondary N) is 2. The molecule has 1 aliphatic heterocycles. The van der Waals surface area contributed by atoms with Gasteiger partial charge >= 0.3 is 0 Å². The van der Waals surface area contributed by atoms with E-state index in [1.54, 1.807) is 6.20 Å². The molecule has 24 heavy (non-hydrogen) atoms. The van der Waals surface area contributed by atoms with E-state index in [1.165, 1.54) is 31.2 Å². The fraction of sp³-hybridized carbons (Fsp3) is 0.368. The van der Waals surface area contributed by atoms with Gasteiger partial charge in [0.2, 0.25) is 0 Å². The smallest absolute Gasteiger partial charge is 0.270 e. The molecule has 124 valence electrons. The van der Waals surface area contributed by atoms with Gasteiger partial charge in [0.25, 0.3) is 5.91 Å². The van der Waals surface area contributed by atoms with E-state index in [9.17, 15) is 4.79 Å². The summed E-state index contributed by atoms with van der Waals surface area (Å²) >= 11 is 0. The summed E-state index contributed by atoms with van der Waals surface area (Å²) in [6, 6.07) is 10.2. The Kier molecular flexibility index (Phi) is 4.07. The highest BCUT2D eigenvalue weighted by atomic mass is 16.5. The minimum absolute atomic E-state index is 0.0953. The van der Waals surface area contributed by atoms with Crippen LogP contribution in [0.1, 0.15) is 47.3 Å². The number of pyridine rings is 1. The van der Waals surface area contributed by atoms with Crippen molar-refractivity contribution in [3.8, 4) is 5.75 Å². The number of rotatable bonds is 5. The Morgan fingerprint density at radius 3 is 2.75 bits per heavy atom. The molecule has 2 heterocycles. The Morgan fingerprint density at radius 1 is 1.17 bits per heavy atom. The molecule has 2 N–H and O–H groups in total. The zero-order valence-corrected chi connectivity index (χ0v) is 13.5. The van der Waals surface area contributed by atoms with Crippen molar-refractivity contribution in [3.05, 3.63) is 53.3 Å². The van der Waals surface area contributed by atoms with Crippen LogP contribution in [0.2, 0.25) is 0 Å². The second-order valence-corrected chi connectivity index (χ2v) is 6.39. The van der Waals surface area contributed by atoms with Crippen LogP contribution in [0.25, 0.3) is 0 Å². The van der Waals surface area contributed by atoms with Crippen molar-refractivity contribution in [3.63, 3.8) is 0 Å². The molecule has 1 aliphatic carbocycles. The molecule has 5 nitrogen and oxygen atoms in total. The van der Waals surface area contributed by atoms with Crippen molar-refractivity contribution < 1.29 is 9.53 Å². The topological polar surface area (TPSA) is 63.2 Å². The summed E-state index contributed by atoms with van der Waals surface area (Å²) in [7, 11) is 0. The number of anilines is 1. The Labute approximate surface area is 141 Å². The third-order valence-corrected chi connectivity index (χ3v) is 4.71. The van der Waals surface area contributed by atoms with E-state index in [1.807, 2.05) is 18.2 Å². The molecule has 1 fully saturated rings. The van der Waals surface area contributed by atoms with Gasteiger partial charge in [-0.2, -0.15) is 0 Å². The molecule has 0 bridgehead atoms. The SMILES string of the molecule is O=C1NCc2c(NCc3ccc(OC4CCCC4)cc3)ccnc21. The maximum Gasteiger partial charge on any atom is 0.270 e. The molecule has 1 aromatic heterocycles. The number of hydrogen-bond donors (Lipinski definition) is 2. The minimum atomic E-state index is -0.0953. The second kappa shape index (κ2) is 6.51. The van der Waals surface area contributed by atoms with E-state index in [4.69, 9.17) is 4.74 Å². The number of hydrogen-bond acceptors (Lipinski definition) is 4. The average Bonchev–Trinajstić information content (AvgIpc) is 3.25. The zero-order valence-electron chi connectivity index (χ0n) is 13.5. The molecule has 4 rings (SSSR count). The molecule has 2 aromatic rings. The first-order valence-electron chi connectivity index (χ1n) is 8.55. The Morgan fingerprint density at radius 2 is 1.96 bits per heavy atom. The fourth-order valence-corrected chi connectivity index (χ4v) is 3.37. The largest absolute Gasteiger partial charge is 0.490 e. The maximum absolute atomic E-state index is 11.7. The quantitative estimate of drug-likeness (QED) is 0.886. The number of aromatic nitrogens is 1. The third-order valence-electron chi connectivity index (χ3n) is 4.71. The molecule has 0 radical (unpaired) electrons. The lowest BCUT2D eigenvalue weighted by Crippen LogP contribution is -2.13. The van der Waals surface area contributed by atoms with Gasteiger partial charge in [0.1, 0.15) is 11.4 Å². The van der Waals surface area contributed by atoms with Crippen molar-refractivity contribution in [2.45, 2.75) is 44.9 Å². The molecule has 0 unspecified atom stereocenters. The van der Waals surface area contributed by atoms with Crippen LogP contribution in [0.15, 0.2) is 36.5 Å². The minimum Gasteiger partial charge on any atom is -0.490 e. The molecule has 1 amide bonds. The lowest BCUT2D eigenvalue weighted by molar-refractivity contribution is 0.0961. The maximum atomic E-state index is 11.7. The summed E-state index contributed by atoms with van der Waals surface area (Å²) in [4.78, 5) is 15.8. The third kappa shape index (κ3) is 3.07. The van der Waals surface area contributed by atoms with E-state index < -0.39 is 0 Å². The van der Waals surface area contributed by atoms with Gasteiger partial charge in [-0.25, -0.2) is 0 Å². The lowest BCUT2D eigenvalue weighted by Gasteiger charge is -2.14. The van der Waals surface area contributed by atoms with Crippen LogP contribution in [-0.2, 0) is 13.1 Å². The van der Waals surface area contributed by atoms with E-state index >= 15 is 0 Å². The van der Waals surface area contributed by atoms with Crippen molar-refractivity contribution >= 4 is 11.6 Å². The van der Waals surface area contributed by atoms with Crippen LogP contribution in [0.4, 0.5) is 5.69 Å². The van der Waals surface area contributed by atoms with Gasteiger partial charge in [0, 0.05) is 30.5 Å². The Hall–Kier alpha value is -2.56. The van der Waals surface area contributed by atoms with Gasteiger partial charge in [-0.3, -0.25) is 9.78 Å². The summed E-state index contributed by atoms with van der Waals surface area (Å²) < 4.78 is 5.99. The predicted molar refractivity (Wildman–Crippen MR) is 92.1 cm³/mol. The highest BCUT2D eigenvalue weighted by Crippen LogP contribution is 2.25. The molecular weight excluding hydrogens is 302 g/mol. The highest BCUT2D eigenvalue weighted by Gasteiger charge is 2.22. The van der Waals surface area contributed by atoms with Crippen molar-refractivity contribution in [1.29, 1.82) is 0 Å². The van der Waals surface area contributed by atoms with Gasteiger partial charge in [0.15, 0.2) is 0 Å². The first kappa shape index (κ1) is 15.0. The summed E-state index contributed by atoms with van der Waals surface area (Å²) in [5, 5.41) is 6.21. The van der Waals surface area contributed by atoms with E-state index in [0.29, 0.717) is 24.9 Å². The fourth-order valence-electron chi connectivity index (χ4n) is 3.37. The van der Waals surface area contributed by atoms with Crippen LogP contribution >= 0.6 is 0 Å². The van der Waals surface area contributed by atoms with Crippen molar-refractivity contribution in [2.24, 2.45) is 0 Å². The number of benzene rings is 1. The summed E-state index contributed by atoms with van der Waals surface area (Å²) in [6.07, 6.45) is 6.95. The first-order chi connectivity index (χ1) is 11.8. The van der Waals surface area contributed by atoms with Crippen molar-refractivity contribution in [2.75, 3.05) is 5.32 Å². The lowest BCUT2D eigenvalue weighted by atomic mass is 10.1. The van der Waals surface area contributed by atoms with Crippen LogP contribution in [-0.4, -0.2) is 17.0 Å². The number of carbonyl (C=O) groups is 1. The van der Waals surface area contributed by atoms with Crippen LogP contribution in [0, 0.1) is 0 Å². The van der Waals surface area contributed by atoms with Crippen LogP contribution in [0.3, 0.4) is 0 Å². The summed E-state index contributed by atoms with van der Waals surface area (Å²) in [5.74, 6) is 0.854.